The molecule has 0 saturated heterocycles. The summed E-state index contributed by atoms with van der Waals surface area (Å²) in [6.45, 7) is 8.64. The molecular weight excluding hydrogens is 1090 g/mol. The number of aromatic nitrogens is 2. The molecule has 0 bridgehead atoms. The summed E-state index contributed by atoms with van der Waals surface area (Å²) in [5.74, 6) is 0.443. The van der Waals surface area contributed by atoms with E-state index in [1.165, 1.54) is 17.7 Å². The number of para-hydroxylation sites is 6. The van der Waals surface area contributed by atoms with Gasteiger partial charge in [0.1, 0.15) is 17.5 Å². The van der Waals surface area contributed by atoms with Gasteiger partial charge in [-0.25, -0.2) is 13.8 Å². The third-order valence-electron chi connectivity index (χ3n) is 13.1. The van der Waals surface area contributed by atoms with Gasteiger partial charge >= 0.3 is 0 Å². The zero-order chi connectivity index (χ0) is 48.9. The van der Waals surface area contributed by atoms with E-state index in [4.69, 9.17) is 9.72 Å². The Morgan fingerprint density at radius 1 is 0.534 bits per heavy atom. The number of halogens is 2. The largest absolute Gasteiger partial charge is 0.509 e. The van der Waals surface area contributed by atoms with Crippen molar-refractivity contribution in [1.29, 1.82) is 0 Å². The van der Waals surface area contributed by atoms with Crippen LogP contribution in [0, 0.1) is 30.4 Å². The molecule has 360 valence electrons. The number of anilines is 7. The van der Waals surface area contributed by atoms with Crippen LogP contribution in [0.3, 0.4) is 0 Å². The van der Waals surface area contributed by atoms with Crippen molar-refractivity contribution >= 4 is 61.6 Å². The number of rotatable bonds is 10. The maximum Gasteiger partial charge on any atom is 0.135 e. The quantitative estimate of drug-likeness (QED) is 0.128. The van der Waals surface area contributed by atoms with Crippen LogP contribution in [0.4, 0.5) is 48.6 Å². The monoisotopic (exact) mass is 1130 g/mol. The molecule has 11 aromatic rings. The molecule has 0 fully saturated rings. The molecule has 0 N–H and O–H groups in total. The van der Waals surface area contributed by atoms with Gasteiger partial charge in [0, 0.05) is 89.9 Å². The average molecular weight is 1130 g/mol. The molecule has 6 nitrogen and oxygen atoms in total. The third-order valence-corrected chi connectivity index (χ3v) is 13.1. The second-order valence-electron chi connectivity index (χ2n) is 18.9. The van der Waals surface area contributed by atoms with Crippen molar-refractivity contribution in [3.05, 3.63) is 255 Å². The van der Waals surface area contributed by atoms with Crippen molar-refractivity contribution in [3.63, 3.8) is 0 Å². The maximum absolute atomic E-state index is 15.1. The minimum atomic E-state index is -0.655. The van der Waals surface area contributed by atoms with Gasteiger partial charge in [0.15, 0.2) is 0 Å². The minimum Gasteiger partial charge on any atom is -0.509 e. The summed E-state index contributed by atoms with van der Waals surface area (Å²) in [5.41, 5.74) is 11.7. The number of benzene rings is 9. The first-order chi connectivity index (χ1) is 35.1. The van der Waals surface area contributed by atoms with Gasteiger partial charge in [-0.05, 0) is 94.2 Å². The molecule has 0 spiro atoms. The van der Waals surface area contributed by atoms with Crippen LogP contribution in [0.5, 0.6) is 11.5 Å². The molecule has 2 aromatic heterocycles. The van der Waals surface area contributed by atoms with Gasteiger partial charge in [-0.3, -0.25) is 0 Å². The first-order valence-electron chi connectivity index (χ1n) is 23.9. The Labute approximate surface area is 438 Å². The van der Waals surface area contributed by atoms with Crippen molar-refractivity contribution in [2.24, 2.45) is 0 Å². The fraction of sp³-hybridized carbons (Fsp3) is 0.0625. The average Bonchev–Trinajstić information content (AvgIpc) is 3.95. The number of ether oxygens (including phenoxy) is 1. The molecule has 73 heavy (non-hydrogen) atoms. The second kappa shape index (κ2) is 19.4. The molecule has 0 aliphatic carbocycles. The van der Waals surface area contributed by atoms with E-state index in [9.17, 15) is 0 Å². The van der Waals surface area contributed by atoms with Crippen LogP contribution in [0.25, 0.3) is 49.9 Å². The summed E-state index contributed by atoms with van der Waals surface area (Å²) in [5, 5.41) is 2.11. The van der Waals surface area contributed by atoms with Gasteiger partial charge in [0.25, 0.3) is 0 Å². The van der Waals surface area contributed by atoms with Crippen molar-refractivity contribution in [3.8, 4) is 39.6 Å². The molecule has 1 aliphatic heterocycles. The summed E-state index contributed by atoms with van der Waals surface area (Å²) in [6, 6.07) is 76.3. The van der Waals surface area contributed by atoms with Gasteiger partial charge in [0.05, 0.1) is 0 Å². The number of fused-ring (bicyclic) bond motifs is 4. The van der Waals surface area contributed by atoms with Crippen LogP contribution in [0.1, 0.15) is 26.3 Å². The Kier molecular flexibility index (Phi) is 12.5. The van der Waals surface area contributed by atoms with Crippen molar-refractivity contribution in [2.75, 3.05) is 14.7 Å². The predicted molar refractivity (Wildman–Crippen MR) is 288 cm³/mol. The summed E-state index contributed by atoms with van der Waals surface area (Å²) >= 11 is 0. The van der Waals surface area contributed by atoms with Crippen LogP contribution in [0.15, 0.2) is 219 Å². The van der Waals surface area contributed by atoms with Gasteiger partial charge in [-0.1, -0.05) is 153 Å². The molecule has 1 aliphatic rings. The molecule has 3 heterocycles. The number of hydrogen-bond donors (Lipinski definition) is 0. The van der Waals surface area contributed by atoms with E-state index in [2.05, 4.69) is 131 Å². The summed E-state index contributed by atoms with van der Waals surface area (Å²) in [4.78, 5) is 11.3. The molecule has 0 atom stereocenters. The number of hydrogen-bond acceptors (Lipinski definition) is 5. The van der Waals surface area contributed by atoms with Crippen LogP contribution < -0.4 is 19.4 Å². The fourth-order valence-electron chi connectivity index (χ4n) is 9.80. The first kappa shape index (κ1) is 47.0. The van der Waals surface area contributed by atoms with Crippen molar-refractivity contribution < 1.29 is 34.6 Å². The molecule has 9 heteroatoms. The van der Waals surface area contributed by atoms with Gasteiger partial charge in [-0.15, -0.1) is 42.4 Å². The van der Waals surface area contributed by atoms with Gasteiger partial charge in [-0.2, -0.15) is 6.07 Å². The molecule has 0 radical (unpaired) electrons. The molecule has 0 amide bonds. The first-order valence-corrected chi connectivity index (χ1v) is 23.9. The minimum absolute atomic E-state index is 0. The van der Waals surface area contributed by atoms with E-state index in [1.54, 1.807) is 0 Å². The summed E-state index contributed by atoms with van der Waals surface area (Å²) < 4.78 is 39.3. The fourth-order valence-corrected chi connectivity index (χ4v) is 9.80. The molecule has 9 aromatic carbocycles. The zero-order valence-electron chi connectivity index (χ0n) is 40.1. The maximum atomic E-state index is 15.1. The van der Waals surface area contributed by atoms with Crippen molar-refractivity contribution in [1.82, 2.24) is 9.55 Å². The van der Waals surface area contributed by atoms with Crippen LogP contribution in [-0.4, -0.2) is 9.55 Å². The number of nitrogens with zero attached hydrogens (tertiary/aromatic N) is 5. The van der Waals surface area contributed by atoms with Crippen LogP contribution in [0.2, 0.25) is 0 Å². The van der Waals surface area contributed by atoms with E-state index in [0.29, 0.717) is 28.3 Å². The zero-order valence-corrected chi connectivity index (χ0v) is 42.4. The van der Waals surface area contributed by atoms with Crippen molar-refractivity contribution in [2.45, 2.75) is 26.2 Å². The molecule has 0 unspecified atom stereocenters. The topological polar surface area (TPSA) is 36.8 Å². The summed E-state index contributed by atoms with van der Waals surface area (Å²) in [6.07, 6.45) is 1.88. The second-order valence-corrected chi connectivity index (χ2v) is 18.9. The Hall–Kier alpha value is -8.32. The SMILES string of the molecule is CC(C)(C)c1ccnc(-n2c3[c-]c(Oc4[c-]c(N5[CH-]N(c6c(-c7ccccc7)cccc6-c6cc(F)cc(F)c6)c6ccccc65)cc(N(c5ccccc5)c5ccccc5)c4)ccc3c3ccccc32)c1.[Pt]. The van der Waals surface area contributed by atoms with E-state index in [0.717, 1.165) is 78.9 Å². The van der Waals surface area contributed by atoms with E-state index >= 15 is 8.78 Å². The van der Waals surface area contributed by atoms with E-state index in [-0.39, 0.29) is 26.5 Å². The smallest absolute Gasteiger partial charge is 0.135 e. The third kappa shape index (κ3) is 8.93. The number of pyridine rings is 1. The van der Waals surface area contributed by atoms with Crippen LogP contribution in [-0.2, 0) is 26.5 Å². The van der Waals surface area contributed by atoms with Crippen LogP contribution >= 0.6 is 0 Å². The van der Waals surface area contributed by atoms with Gasteiger partial charge in [0.2, 0.25) is 0 Å². The van der Waals surface area contributed by atoms with E-state index < -0.39 is 11.6 Å². The van der Waals surface area contributed by atoms with Gasteiger partial charge < -0.3 is 24.0 Å². The Bertz CT molecular complexity index is 3740. The standard InChI is InChI=1S/C64H46F2N5O.Pt/c1-64(2,3)45-32-33-67-62(36-45)71-58-27-14-13-24-56(58)57-31-30-52(41-61(57)71)72-53-39-50(38-51(40-53)70(48-20-9-5-10-21-48)49-22-11-6-12-23-49)68-42-69(60-29-16-15-28-59(60)68)63-54(43-18-7-4-8-19-43)25-17-26-55(63)44-34-46(65)37-47(66)35-44;/h4-38,40,42H,1-3H3;/q-3;. The predicted octanol–water partition coefficient (Wildman–Crippen LogP) is 17.4. The molecule has 12 rings (SSSR count). The Balaban J connectivity index is 0.00000574. The Morgan fingerprint density at radius 2 is 1.15 bits per heavy atom. The summed E-state index contributed by atoms with van der Waals surface area (Å²) in [7, 11) is 0. The normalized spacial score (nSPS) is 12.2. The molecular formula is C64H46F2N5OPt-3. The molecule has 0 saturated carbocycles. The Morgan fingerprint density at radius 3 is 1.84 bits per heavy atom. The van der Waals surface area contributed by atoms with E-state index in [1.807, 2.05) is 128 Å².